The predicted octanol–water partition coefficient (Wildman–Crippen LogP) is 1.04. The van der Waals surface area contributed by atoms with Crippen molar-refractivity contribution in [2.45, 2.75) is 17.4 Å². The number of aliphatic hydroxyl groups is 1. The van der Waals surface area contributed by atoms with Crippen molar-refractivity contribution >= 4 is 10.8 Å². The van der Waals surface area contributed by atoms with E-state index >= 15 is 0 Å². The van der Waals surface area contributed by atoms with Crippen LogP contribution in [0.25, 0.3) is 0 Å². The smallest absolute Gasteiger partial charge is 0.139 e. The highest BCUT2D eigenvalue weighted by atomic mass is 32.2. The van der Waals surface area contributed by atoms with E-state index in [4.69, 9.17) is 5.11 Å². The van der Waals surface area contributed by atoms with Crippen LogP contribution in [-0.2, 0) is 10.8 Å². The van der Waals surface area contributed by atoms with E-state index in [1.165, 1.54) is 0 Å². The van der Waals surface area contributed by atoms with E-state index in [0.29, 0.717) is 6.42 Å². The Morgan fingerprint density at radius 1 is 1.47 bits per heavy atom. The number of nitrogens with one attached hydrogen (secondary N) is 1. The summed E-state index contributed by atoms with van der Waals surface area (Å²) in [7, 11) is 0.0408. The first kappa shape index (κ1) is 14.2. The monoisotopic (exact) mass is 263 g/mol. The lowest BCUT2D eigenvalue weighted by atomic mass is 10.2. The minimum atomic E-state index is -1.63. The highest BCUT2D eigenvalue weighted by Crippen LogP contribution is 2.15. The second-order valence-corrected chi connectivity index (χ2v) is 5.05. The molecule has 0 fully saturated rings. The van der Waals surface area contributed by atoms with Crippen LogP contribution in [-0.4, -0.2) is 34.8 Å². The number of rotatable bonds is 6. The van der Waals surface area contributed by atoms with Crippen LogP contribution in [0.3, 0.4) is 0 Å². The fraction of sp³-hybridized carbons (Fsp3) is 0.455. The minimum absolute atomic E-state index is 0.0473. The fourth-order valence-electron chi connectivity index (χ4n) is 1.39. The van der Waals surface area contributed by atoms with Crippen molar-refractivity contribution in [3.8, 4) is 0 Å². The van der Waals surface area contributed by atoms with E-state index in [0.717, 1.165) is 18.2 Å². The molecule has 0 saturated heterocycles. The summed E-state index contributed by atoms with van der Waals surface area (Å²) in [5, 5.41) is 11.6. The second-order valence-electron chi connectivity index (χ2n) is 3.58. The molecule has 0 amide bonds. The molecule has 2 atom stereocenters. The van der Waals surface area contributed by atoms with E-state index < -0.39 is 22.4 Å². The molecular formula is C11H15F2NO2S. The van der Waals surface area contributed by atoms with Gasteiger partial charge < -0.3 is 10.4 Å². The average molecular weight is 263 g/mol. The third-order valence-corrected chi connectivity index (χ3v) is 3.89. The zero-order chi connectivity index (χ0) is 12.8. The molecule has 2 unspecified atom stereocenters. The third-order valence-electron chi connectivity index (χ3n) is 2.38. The minimum Gasteiger partial charge on any atom is -0.396 e. The average Bonchev–Trinajstić information content (AvgIpc) is 2.31. The molecule has 6 heteroatoms. The van der Waals surface area contributed by atoms with Crippen molar-refractivity contribution in [3.63, 3.8) is 0 Å². The first-order chi connectivity index (χ1) is 8.08. The Labute approximate surface area is 101 Å². The van der Waals surface area contributed by atoms with Crippen LogP contribution in [0, 0.1) is 11.6 Å². The fourth-order valence-corrected chi connectivity index (χ4v) is 2.80. The number of hydrogen-bond donors (Lipinski definition) is 2. The molecule has 0 saturated carbocycles. The van der Waals surface area contributed by atoms with Gasteiger partial charge in [-0.3, -0.25) is 4.21 Å². The van der Waals surface area contributed by atoms with Crippen molar-refractivity contribution in [3.05, 3.63) is 29.8 Å². The Balaban J connectivity index is 2.78. The number of benzene rings is 1. The van der Waals surface area contributed by atoms with Crippen molar-refractivity contribution < 1.29 is 18.1 Å². The van der Waals surface area contributed by atoms with Gasteiger partial charge in [-0.05, 0) is 31.7 Å². The highest BCUT2D eigenvalue weighted by molar-refractivity contribution is 7.85. The summed E-state index contributed by atoms with van der Waals surface area (Å²) in [6.07, 6.45) is 0.416. The SMILES string of the molecule is CNC(CCO)CS(=O)c1cc(F)ccc1F. The van der Waals surface area contributed by atoms with Gasteiger partial charge in [0.25, 0.3) is 0 Å². The zero-order valence-electron chi connectivity index (χ0n) is 9.45. The van der Waals surface area contributed by atoms with E-state index in [1.807, 2.05) is 0 Å². The van der Waals surface area contributed by atoms with Crippen LogP contribution < -0.4 is 5.32 Å². The molecular weight excluding hydrogens is 248 g/mol. The number of hydrogen-bond acceptors (Lipinski definition) is 3. The van der Waals surface area contributed by atoms with Crippen LogP contribution >= 0.6 is 0 Å². The summed E-state index contributed by atoms with van der Waals surface area (Å²) in [5.74, 6) is -1.15. The molecule has 1 rings (SSSR count). The number of aliphatic hydroxyl groups excluding tert-OH is 1. The summed E-state index contributed by atoms with van der Waals surface area (Å²) in [5.41, 5.74) is 0. The van der Waals surface area contributed by atoms with Crippen LogP contribution in [0.5, 0.6) is 0 Å². The third kappa shape index (κ3) is 4.14. The Kier molecular flexibility index (Phi) is 5.67. The molecule has 0 bridgehead atoms. The van der Waals surface area contributed by atoms with Gasteiger partial charge in [0.2, 0.25) is 0 Å². The molecule has 3 nitrogen and oxygen atoms in total. The topological polar surface area (TPSA) is 49.3 Å². The molecule has 96 valence electrons. The molecule has 0 aromatic heterocycles. The standard InChI is InChI=1S/C11H15F2NO2S/c1-14-9(4-5-15)7-17(16)11-6-8(12)2-3-10(11)13/h2-3,6,9,14-15H,4-5,7H2,1H3. The Bertz CT molecular complexity index is 401. The molecule has 0 radical (unpaired) electrons. The van der Waals surface area contributed by atoms with Crippen LogP contribution in [0.1, 0.15) is 6.42 Å². The van der Waals surface area contributed by atoms with Gasteiger partial charge in [-0.25, -0.2) is 8.78 Å². The van der Waals surface area contributed by atoms with Crippen LogP contribution in [0.2, 0.25) is 0 Å². The summed E-state index contributed by atoms with van der Waals surface area (Å²) in [6.45, 7) is -0.0473. The lowest BCUT2D eigenvalue weighted by Gasteiger charge is -2.14. The van der Waals surface area contributed by atoms with Gasteiger partial charge in [-0.2, -0.15) is 0 Å². The summed E-state index contributed by atoms with van der Waals surface area (Å²) < 4.78 is 38.1. The summed E-state index contributed by atoms with van der Waals surface area (Å²) >= 11 is 0. The van der Waals surface area contributed by atoms with Gasteiger partial charge in [-0.15, -0.1) is 0 Å². The Morgan fingerprint density at radius 3 is 2.76 bits per heavy atom. The molecule has 0 heterocycles. The molecule has 0 aliphatic heterocycles. The molecule has 1 aromatic rings. The molecule has 0 aliphatic rings. The normalized spacial score (nSPS) is 14.6. The van der Waals surface area contributed by atoms with Gasteiger partial charge in [0.05, 0.1) is 15.7 Å². The lowest BCUT2D eigenvalue weighted by Crippen LogP contribution is -2.32. The Hall–Kier alpha value is -0.850. The molecule has 0 spiro atoms. The van der Waals surface area contributed by atoms with E-state index in [1.54, 1.807) is 7.05 Å². The molecule has 2 N–H and O–H groups in total. The largest absolute Gasteiger partial charge is 0.396 e. The zero-order valence-corrected chi connectivity index (χ0v) is 10.3. The van der Waals surface area contributed by atoms with E-state index in [-0.39, 0.29) is 23.3 Å². The summed E-state index contributed by atoms with van der Waals surface area (Å²) in [4.78, 5) is -0.136. The van der Waals surface area contributed by atoms with Gasteiger partial charge in [0, 0.05) is 18.4 Å². The molecule has 1 aromatic carbocycles. The van der Waals surface area contributed by atoms with Gasteiger partial charge in [0.1, 0.15) is 11.6 Å². The maximum atomic E-state index is 13.3. The van der Waals surface area contributed by atoms with Crippen molar-refractivity contribution in [2.24, 2.45) is 0 Å². The second kappa shape index (κ2) is 6.78. The molecule has 17 heavy (non-hydrogen) atoms. The van der Waals surface area contributed by atoms with Crippen LogP contribution in [0.15, 0.2) is 23.1 Å². The maximum Gasteiger partial charge on any atom is 0.139 e. The van der Waals surface area contributed by atoms with Crippen molar-refractivity contribution in [1.29, 1.82) is 0 Å². The summed E-state index contributed by atoms with van der Waals surface area (Å²) in [6, 6.07) is 2.70. The van der Waals surface area contributed by atoms with Crippen molar-refractivity contribution in [1.82, 2.24) is 5.32 Å². The van der Waals surface area contributed by atoms with Crippen LogP contribution in [0.4, 0.5) is 8.78 Å². The molecule has 0 aliphatic carbocycles. The first-order valence-corrected chi connectivity index (χ1v) is 6.52. The first-order valence-electron chi connectivity index (χ1n) is 5.20. The number of halogens is 2. The Morgan fingerprint density at radius 2 is 2.18 bits per heavy atom. The van der Waals surface area contributed by atoms with E-state index in [9.17, 15) is 13.0 Å². The highest BCUT2D eigenvalue weighted by Gasteiger charge is 2.16. The van der Waals surface area contributed by atoms with Gasteiger partial charge in [0.15, 0.2) is 0 Å². The van der Waals surface area contributed by atoms with Gasteiger partial charge in [-0.1, -0.05) is 0 Å². The van der Waals surface area contributed by atoms with Crippen molar-refractivity contribution in [2.75, 3.05) is 19.4 Å². The van der Waals surface area contributed by atoms with E-state index in [2.05, 4.69) is 5.32 Å². The maximum absolute atomic E-state index is 13.3. The lowest BCUT2D eigenvalue weighted by molar-refractivity contribution is 0.272. The predicted molar refractivity (Wildman–Crippen MR) is 62.2 cm³/mol. The van der Waals surface area contributed by atoms with Gasteiger partial charge >= 0.3 is 0 Å². The quantitative estimate of drug-likeness (QED) is 0.806.